The number of benzene rings is 1. The lowest BCUT2D eigenvalue weighted by atomic mass is 10.1. The Kier molecular flexibility index (Phi) is 6.17. The molecular weight excluding hydrogens is 338 g/mol. The van der Waals surface area contributed by atoms with Crippen LogP contribution in [-0.4, -0.2) is 18.1 Å². The highest BCUT2D eigenvalue weighted by Gasteiger charge is 2.18. The number of carbonyl (C=O) groups is 1. The first-order valence-electron chi connectivity index (χ1n) is 8.46. The fraction of sp³-hybridized carbons (Fsp3) is 0.450. The van der Waals surface area contributed by atoms with E-state index in [9.17, 15) is 4.79 Å². The number of amides is 1. The van der Waals surface area contributed by atoms with Gasteiger partial charge in [-0.1, -0.05) is 25.4 Å². The summed E-state index contributed by atoms with van der Waals surface area (Å²) in [6.07, 6.45) is 0.511. The van der Waals surface area contributed by atoms with Crippen LogP contribution >= 0.6 is 11.6 Å². The fourth-order valence-corrected chi connectivity index (χ4v) is 2.46. The molecule has 0 bridgehead atoms. The third-order valence-corrected chi connectivity index (χ3v) is 3.57. The molecule has 1 amide bonds. The van der Waals surface area contributed by atoms with E-state index in [0.717, 1.165) is 11.3 Å². The van der Waals surface area contributed by atoms with Crippen LogP contribution in [0.5, 0.6) is 5.75 Å². The molecule has 1 heterocycles. The van der Waals surface area contributed by atoms with E-state index >= 15 is 0 Å². The van der Waals surface area contributed by atoms with Crippen LogP contribution in [0.1, 0.15) is 56.5 Å². The van der Waals surface area contributed by atoms with Gasteiger partial charge in [0.2, 0.25) is 0 Å². The molecule has 1 N–H and O–H groups in total. The maximum Gasteiger partial charge on any atom is 0.287 e. The first-order valence-corrected chi connectivity index (χ1v) is 8.84. The molecule has 25 heavy (non-hydrogen) atoms. The van der Waals surface area contributed by atoms with Crippen molar-refractivity contribution in [1.82, 2.24) is 5.32 Å². The summed E-state index contributed by atoms with van der Waals surface area (Å²) in [7, 11) is 0. The zero-order valence-electron chi connectivity index (χ0n) is 15.5. The summed E-state index contributed by atoms with van der Waals surface area (Å²) in [6.45, 7) is 10.6. The summed E-state index contributed by atoms with van der Waals surface area (Å²) in [5, 5.41) is 3.53. The molecule has 0 aliphatic heterocycles. The van der Waals surface area contributed by atoms with Gasteiger partial charge in [-0.25, -0.2) is 0 Å². The van der Waals surface area contributed by atoms with Crippen LogP contribution < -0.4 is 10.1 Å². The maximum absolute atomic E-state index is 12.2. The van der Waals surface area contributed by atoms with Crippen LogP contribution in [0.15, 0.2) is 34.7 Å². The Morgan fingerprint density at radius 1 is 1.24 bits per heavy atom. The molecule has 1 aromatic heterocycles. The molecule has 0 spiro atoms. The molecule has 1 aromatic carbocycles. The first kappa shape index (κ1) is 19.4. The number of ether oxygens (including phenoxy) is 1. The number of nitrogens with one attached hydrogen (secondary N) is 1. The molecular formula is C20H26ClNO3. The molecule has 0 atom stereocenters. The van der Waals surface area contributed by atoms with Gasteiger partial charge in [-0.05, 0) is 57.0 Å². The first-order chi connectivity index (χ1) is 11.6. The zero-order valence-corrected chi connectivity index (χ0v) is 16.2. The number of carbonyl (C=O) groups excluding carboxylic acids is 1. The van der Waals surface area contributed by atoms with Gasteiger partial charge in [-0.15, -0.1) is 0 Å². The average molecular weight is 364 g/mol. The van der Waals surface area contributed by atoms with E-state index in [2.05, 4.69) is 19.2 Å². The smallest absolute Gasteiger partial charge is 0.287 e. The van der Waals surface area contributed by atoms with E-state index in [1.807, 2.05) is 45.0 Å². The molecule has 5 heteroatoms. The molecule has 2 rings (SSSR count). The third kappa shape index (κ3) is 6.13. The number of furan rings is 1. The van der Waals surface area contributed by atoms with E-state index in [1.54, 1.807) is 6.07 Å². The number of hydrogen-bond donors (Lipinski definition) is 1. The molecule has 136 valence electrons. The molecule has 0 saturated carbocycles. The summed E-state index contributed by atoms with van der Waals surface area (Å²) in [5.41, 5.74) is 0.625. The molecule has 0 aliphatic carbocycles. The highest BCUT2D eigenvalue weighted by atomic mass is 35.5. The lowest BCUT2D eigenvalue weighted by Crippen LogP contribution is -2.40. The summed E-state index contributed by atoms with van der Waals surface area (Å²) >= 11 is 6.12. The van der Waals surface area contributed by atoms with Crippen molar-refractivity contribution in [2.75, 3.05) is 6.61 Å². The van der Waals surface area contributed by atoms with Crippen LogP contribution in [0.4, 0.5) is 0 Å². The monoisotopic (exact) mass is 363 g/mol. The van der Waals surface area contributed by atoms with Crippen molar-refractivity contribution < 1.29 is 13.9 Å². The Balaban J connectivity index is 2.14. The molecule has 0 saturated heterocycles. The largest absolute Gasteiger partial charge is 0.493 e. The summed E-state index contributed by atoms with van der Waals surface area (Å²) < 4.78 is 11.6. The van der Waals surface area contributed by atoms with Crippen molar-refractivity contribution >= 4 is 17.5 Å². The maximum atomic E-state index is 12.2. The van der Waals surface area contributed by atoms with Gasteiger partial charge in [0.25, 0.3) is 5.91 Å². The van der Waals surface area contributed by atoms with E-state index < -0.39 is 0 Å². The minimum Gasteiger partial charge on any atom is -0.493 e. The Labute approximate surface area is 154 Å². The normalized spacial score (nSPS) is 11.6. The number of hydrogen-bond acceptors (Lipinski definition) is 3. The van der Waals surface area contributed by atoms with Crippen molar-refractivity contribution in [3.63, 3.8) is 0 Å². The number of rotatable bonds is 6. The van der Waals surface area contributed by atoms with E-state index in [-0.39, 0.29) is 11.4 Å². The van der Waals surface area contributed by atoms with Crippen LogP contribution in [0.3, 0.4) is 0 Å². The van der Waals surface area contributed by atoms with Crippen molar-refractivity contribution in [2.45, 2.75) is 46.6 Å². The van der Waals surface area contributed by atoms with Gasteiger partial charge in [0.1, 0.15) is 11.5 Å². The molecule has 0 aliphatic rings. The summed E-state index contributed by atoms with van der Waals surface area (Å²) in [6, 6.07) is 9.05. The molecule has 2 aromatic rings. The quantitative estimate of drug-likeness (QED) is 0.777. The van der Waals surface area contributed by atoms with E-state index in [1.165, 1.54) is 0 Å². The van der Waals surface area contributed by atoms with Crippen molar-refractivity contribution in [3.8, 4) is 5.75 Å². The highest BCUT2D eigenvalue weighted by molar-refractivity contribution is 6.30. The standard InChI is InChI=1S/C20H26ClNO3/c1-13(2)12-24-17-8-6-15(21)10-14(17)11-16-7-9-18(25-16)19(23)22-20(3,4)5/h6-10,13H,11-12H2,1-5H3,(H,22,23). The summed E-state index contributed by atoms with van der Waals surface area (Å²) in [5.74, 6) is 1.99. The Bertz CT molecular complexity index is 729. The average Bonchev–Trinajstić information content (AvgIpc) is 2.93. The highest BCUT2D eigenvalue weighted by Crippen LogP contribution is 2.26. The Hall–Kier alpha value is -1.94. The van der Waals surface area contributed by atoms with Crippen LogP contribution in [-0.2, 0) is 6.42 Å². The second-order valence-corrected chi connectivity index (χ2v) is 8.04. The zero-order chi connectivity index (χ0) is 18.6. The van der Waals surface area contributed by atoms with Gasteiger partial charge in [-0.3, -0.25) is 4.79 Å². The fourth-order valence-electron chi connectivity index (χ4n) is 2.27. The van der Waals surface area contributed by atoms with Gasteiger partial charge >= 0.3 is 0 Å². The Morgan fingerprint density at radius 2 is 1.96 bits per heavy atom. The molecule has 4 nitrogen and oxygen atoms in total. The van der Waals surface area contributed by atoms with Crippen LogP contribution in [0, 0.1) is 5.92 Å². The lowest BCUT2D eigenvalue weighted by molar-refractivity contribution is 0.0889. The van der Waals surface area contributed by atoms with Gasteiger partial charge in [0, 0.05) is 22.5 Å². The topological polar surface area (TPSA) is 51.5 Å². The Morgan fingerprint density at radius 3 is 2.60 bits per heavy atom. The van der Waals surface area contributed by atoms with Gasteiger partial charge in [0.15, 0.2) is 5.76 Å². The van der Waals surface area contributed by atoms with Crippen molar-refractivity contribution in [1.29, 1.82) is 0 Å². The second kappa shape index (κ2) is 7.96. The van der Waals surface area contributed by atoms with E-state index in [0.29, 0.717) is 35.5 Å². The molecule has 0 fully saturated rings. The minimum absolute atomic E-state index is 0.221. The van der Waals surface area contributed by atoms with Crippen molar-refractivity contribution in [3.05, 3.63) is 52.4 Å². The second-order valence-electron chi connectivity index (χ2n) is 7.60. The molecule has 0 unspecified atom stereocenters. The van der Waals surface area contributed by atoms with E-state index in [4.69, 9.17) is 20.8 Å². The molecule has 0 radical (unpaired) electrons. The van der Waals surface area contributed by atoms with Crippen molar-refractivity contribution in [2.24, 2.45) is 5.92 Å². The predicted octanol–water partition coefficient (Wildman–Crippen LogP) is 5.09. The SMILES string of the molecule is CC(C)COc1ccc(Cl)cc1Cc1ccc(C(=O)NC(C)(C)C)o1. The number of halogens is 1. The van der Waals surface area contributed by atoms with Gasteiger partial charge in [-0.2, -0.15) is 0 Å². The van der Waals surface area contributed by atoms with Crippen LogP contribution in [0.2, 0.25) is 5.02 Å². The van der Waals surface area contributed by atoms with Gasteiger partial charge in [0.05, 0.1) is 6.61 Å². The third-order valence-electron chi connectivity index (χ3n) is 3.33. The minimum atomic E-state index is -0.311. The predicted molar refractivity (Wildman–Crippen MR) is 101 cm³/mol. The summed E-state index contributed by atoms with van der Waals surface area (Å²) in [4.78, 5) is 12.2. The van der Waals surface area contributed by atoms with Crippen LogP contribution in [0.25, 0.3) is 0 Å². The van der Waals surface area contributed by atoms with Gasteiger partial charge < -0.3 is 14.5 Å². The lowest BCUT2D eigenvalue weighted by Gasteiger charge is -2.19.